The lowest BCUT2D eigenvalue weighted by Gasteiger charge is -2.06. The van der Waals surface area contributed by atoms with Crippen LogP contribution in [0.4, 0.5) is 11.4 Å². The predicted octanol–water partition coefficient (Wildman–Crippen LogP) is 8.22. The Hall–Kier alpha value is -3.02. The highest BCUT2D eigenvalue weighted by molar-refractivity contribution is 7.12. The number of hydrogen-bond acceptors (Lipinski definition) is 4. The second-order valence-electron chi connectivity index (χ2n) is 7.46. The van der Waals surface area contributed by atoms with E-state index in [1.165, 1.54) is 28.2 Å². The summed E-state index contributed by atoms with van der Waals surface area (Å²) >= 11 is 3.40. The van der Waals surface area contributed by atoms with E-state index in [0.29, 0.717) is 0 Å². The van der Waals surface area contributed by atoms with Gasteiger partial charge in [0.1, 0.15) is 0 Å². The quantitative estimate of drug-likeness (QED) is 0.228. The molecule has 5 rings (SSSR count). The third-order valence-corrected chi connectivity index (χ3v) is 6.95. The van der Waals surface area contributed by atoms with E-state index < -0.39 is 0 Å². The fourth-order valence-corrected chi connectivity index (χ4v) is 4.97. The van der Waals surface area contributed by atoms with Crippen molar-refractivity contribution in [2.45, 2.75) is 26.3 Å². The molecule has 0 aliphatic rings. The number of unbranched alkanes of at least 4 members (excludes halogenated alkanes) is 1. The summed E-state index contributed by atoms with van der Waals surface area (Å²) in [4.78, 5) is 11.8. The highest BCUT2D eigenvalue weighted by atomic mass is 32.1. The van der Waals surface area contributed by atoms with Crippen molar-refractivity contribution in [3.8, 4) is 0 Å². The molecule has 0 aliphatic heterocycles. The van der Waals surface area contributed by atoms with Gasteiger partial charge in [0.2, 0.25) is 0 Å². The largest absolute Gasteiger partial charge is 0.340 e. The molecule has 0 atom stereocenters. The van der Waals surface area contributed by atoms with Crippen molar-refractivity contribution in [1.29, 1.82) is 0 Å². The van der Waals surface area contributed by atoms with E-state index in [1.807, 2.05) is 12.4 Å². The summed E-state index contributed by atoms with van der Waals surface area (Å²) < 4.78 is 2.44. The Morgan fingerprint density at radius 3 is 1.77 bits per heavy atom. The zero-order valence-electron chi connectivity index (χ0n) is 17.4. The molecule has 0 bridgehead atoms. The number of fused-ring (bicyclic) bond motifs is 3. The minimum absolute atomic E-state index is 0.975. The lowest BCUT2D eigenvalue weighted by Crippen LogP contribution is -1.96. The number of nitrogens with zero attached hydrogens (tertiary/aromatic N) is 3. The average molecular weight is 442 g/mol. The van der Waals surface area contributed by atoms with Crippen LogP contribution in [0, 0.1) is 0 Å². The molecule has 0 N–H and O–H groups in total. The van der Waals surface area contributed by atoms with Crippen molar-refractivity contribution in [2.24, 2.45) is 9.98 Å². The van der Waals surface area contributed by atoms with Crippen molar-refractivity contribution in [1.82, 2.24) is 4.57 Å². The first-order valence-corrected chi connectivity index (χ1v) is 12.3. The molecule has 0 unspecified atom stereocenters. The summed E-state index contributed by atoms with van der Waals surface area (Å²) in [6.07, 6.45) is 6.22. The van der Waals surface area contributed by atoms with Crippen LogP contribution in [0.1, 0.15) is 29.5 Å². The van der Waals surface area contributed by atoms with Gasteiger partial charge in [0.15, 0.2) is 0 Å². The first kappa shape index (κ1) is 19.9. The van der Waals surface area contributed by atoms with Gasteiger partial charge in [-0.15, -0.1) is 22.7 Å². The maximum atomic E-state index is 4.72. The molecule has 2 aromatic carbocycles. The highest BCUT2D eigenvalue weighted by Crippen LogP contribution is 2.34. The first-order valence-electron chi connectivity index (χ1n) is 10.5. The monoisotopic (exact) mass is 441 g/mol. The Labute approximate surface area is 190 Å². The zero-order chi connectivity index (χ0) is 21.0. The molecule has 0 saturated carbocycles. The summed E-state index contributed by atoms with van der Waals surface area (Å²) in [5.74, 6) is 0. The maximum Gasteiger partial charge on any atom is 0.0637 e. The van der Waals surface area contributed by atoms with E-state index in [0.717, 1.165) is 34.1 Å². The number of rotatable bonds is 7. The van der Waals surface area contributed by atoms with Gasteiger partial charge in [0, 0.05) is 50.5 Å². The van der Waals surface area contributed by atoms with Crippen molar-refractivity contribution >= 4 is 68.3 Å². The molecule has 0 fully saturated rings. The number of aliphatic imine (C=N–C) groups is 2. The van der Waals surface area contributed by atoms with Crippen molar-refractivity contribution in [3.05, 3.63) is 81.2 Å². The molecular weight excluding hydrogens is 418 g/mol. The SMILES string of the molecule is CCCCn1c2ccc(N=Cc3cccs3)cc2c2cc(N=Cc3cccs3)ccc21. The Bertz CT molecular complexity index is 1260. The fourth-order valence-electron chi connectivity index (χ4n) is 3.80. The molecule has 0 radical (unpaired) electrons. The van der Waals surface area contributed by atoms with E-state index in [-0.39, 0.29) is 0 Å². The Morgan fingerprint density at radius 1 is 0.774 bits per heavy atom. The standard InChI is InChI=1S/C26H23N3S2/c1-2-3-12-29-25-10-8-19(27-17-21-6-4-13-30-21)15-23(25)24-16-20(9-11-26(24)29)28-18-22-7-5-14-31-22/h4-11,13-18H,2-3,12H2,1H3. The normalized spacial score (nSPS) is 12.2. The second-order valence-corrected chi connectivity index (χ2v) is 9.41. The topological polar surface area (TPSA) is 29.6 Å². The number of hydrogen-bond donors (Lipinski definition) is 0. The van der Waals surface area contributed by atoms with E-state index in [9.17, 15) is 0 Å². The van der Waals surface area contributed by atoms with E-state index in [2.05, 4.69) is 82.9 Å². The molecule has 3 nitrogen and oxygen atoms in total. The van der Waals surface area contributed by atoms with E-state index in [1.54, 1.807) is 22.7 Å². The molecule has 5 aromatic rings. The van der Waals surface area contributed by atoms with Gasteiger partial charge >= 0.3 is 0 Å². The summed E-state index contributed by atoms with van der Waals surface area (Å²) in [5.41, 5.74) is 4.47. The third-order valence-electron chi connectivity index (χ3n) is 5.34. The average Bonchev–Trinajstić information content (AvgIpc) is 3.56. The second kappa shape index (κ2) is 9.00. The Morgan fingerprint density at radius 2 is 1.32 bits per heavy atom. The molecule has 3 aromatic heterocycles. The minimum Gasteiger partial charge on any atom is -0.340 e. The van der Waals surface area contributed by atoms with Crippen LogP contribution in [0.25, 0.3) is 21.8 Å². The van der Waals surface area contributed by atoms with Gasteiger partial charge in [-0.05, 0) is 65.7 Å². The van der Waals surface area contributed by atoms with Crippen molar-refractivity contribution in [3.63, 3.8) is 0 Å². The van der Waals surface area contributed by atoms with Gasteiger partial charge in [-0.25, -0.2) is 0 Å². The smallest absolute Gasteiger partial charge is 0.0637 e. The zero-order valence-corrected chi connectivity index (χ0v) is 19.0. The van der Waals surface area contributed by atoms with E-state index in [4.69, 9.17) is 9.98 Å². The maximum absolute atomic E-state index is 4.72. The lowest BCUT2D eigenvalue weighted by atomic mass is 10.1. The van der Waals surface area contributed by atoms with Crippen LogP contribution in [0.15, 0.2) is 81.4 Å². The molecule has 0 amide bonds. The summed E-state index contributed by atoms with van der Waals surface area (Å²) in [5, 5.41) is 6.62. The van der Waals surface area contributed by atoms with Crippen LogP contribution in [-0.4, -0.2) is 17.0 Å². The molecule has 0 aliphatic carbocycles. The summed E-state index contributed by atoms with van der Waals surface area (Å²) in [6, 6.07) is 21.3. The molecule has 31 heavy (non-hydrogen) atoms. The third kappa shape index (κ3) is 4.24. The number of aryl methyl sites for hydroxylation is 1. The summed E-state index contributed by atoms with van der Waals surface area (Å²) in [6.45, 7) is 3.26. The van der Waals surface area contributed by atoms with Crippen LogP contribution in [0.2, 0.25) is 0 Å². The van der Waals surface area contributed by atoms with Crippen molar-refractivity contribution in [2.75, 3.05) is 0 Å². The van der Waals surface area contributed by atoms with Gasteiger partial charge in [-0.1, -0.05) is 25.5 Å². The lowest BCUT2D eigenvalue weighted by molar-refractivity contribution is 0.665. The number of benzene rings is 2. The molecular formula is C26H23N3S2. The first-order chi connectivity index (χ1) is 15.3. The van der Waals surface area contributed by atoms with Gasteiger partial charge < -0.3 is 4.57 Å². The summed E-state index contributed by atoms with van der Waals surface area (Å²) in [7, 11) is 0. The van der Waals surface area contributed by atoms with Crippen molar-refractivity contribution < 1.29 is 0 Å². The van der Waals surface area contributed by atoms with Crippen LogP contribution in [0.5, 0.6) is 0 Å². The fraction of sp³-hybridized carbons (Fsp3) is 0.154. The van der Waals surface area contributed by atoms with Crippen LogP contribution >= 0.6 is 22.7 Å². The molecule has 5 heteroatoms. The molecule has 0 saturated heterocycles. The molecule has 0 spiro atoms. The highest BCUT2D eigenvalue weighted by Gasteiger charge is 2.11. The van der Waals surface area contributed by atoms with Gasteiger partial charge in [0.25, 0.3) is 0 Å². The number of thiophene rings is 2. The molecule has 154 valence electrons. The molecule has 3 heterocycles. The van der Waals surface area contributed by atoms with E-state index >= 15 is 0 Å². The van der Waals surface area contributed by atoms with Gasteiger partial charge in [-0.2, -0.15) is 0 Å². The Balaban J connectivity index is 1.60. The van der Waals surface area contributed by atoms with Crippen LogP contribution < -0.4 is 0 Å². The van der Waals surface area contributed by atoms with Gasteiger partial charge in [-0.3, -0.25) is 9.98 Å². The van der Waals surface area contributed by atoms with Gasteiger partial charge in [0.05, 0.1) is 11.4 Å². The number of aromatic nitrogens is 1. The Kier molecular flexibility index (Phi) is 5.78. The minimum atomic E-state index is 0.975. The van der Waals surface area contributed by atoms with Crippen LogP contribution in [-0.2, 0) is 6.54 Å². The van der Waals surface area contributed by atoms with Crippen LogP contribution in [0.3, 0.4) is 0 Å². The predicted molar refractivity (Wildman–Crippen MR) is 137 cm³/mol.